The number of esters is 2. The lowest BCUT2D eigenvalue weighted by molar-refractivity contribution is 0.0586. The highest BCUT2D eigenvalue weighted by atomic mass is 16.5. The minimum absolute atomic E-state index is 0.176. The summed E-state index contributed by atoms with van der Waals surface area (Å²) in [6, 6.07) is 2.94. The van der Waals surface area contributed by atoms with Crippen molar-refractivity contribution in [2.24, 2.45) is 0 Å². The molecule has 5 heteroatoms. The second-order valence-electron chi connectivity index (χ2n) is 3.57. The highest BCUT2D eigenvalue weighted by Gasteiger charge is 2.18. The average molecular weight is 249 g/mol. The second-order valence-corrected chi connectivity index (χ2v) is 3.57. The zero-order valence-corrected chi connectivity index (χ0v) is 10.4. The van der Waals surface area contributed by atoms with Crippen LogP contribution in [0.1, 0.15) is 26.3 Å². The van der Waals surface area contributed by atoms with Crippen LogP contribution in [0, 0.1) is 0 Å². The van der Waals surface area contributed by atoms with Crippen molar-refractivity contribution in [2.45, 2.75) is 6.42 Å². The van der Waals surface area contributed by atoms with Crippen molar-refractivity contribution in [3.05, 3.63) is 41.5 Å². The maximum Gasteiger partial charge on any atom is 0.339 e. The van der Waals surface area contributed by atoms with Crippen molar-refractivity contribution >= 4 is 17.6 Å². The number of benzene rings is 1. The van der Waals surface area contributed by atoms with E-state index in [1.807, 2.05) is 0 Å². The van der Waals surface area contributed by atoms with E-state index >= 15 is 0 Å². The smallest absolute Gasteiger partial charge is 0.339 e. The van der Waals surface area contributed by atoms with Gasteiger partial charge in [-0.3, -0.25) is 0 Å². The quantitative estimate of drug-likeness (QED) is 0.498. The molecule has 96 valence electrons. The molecule has 0 unspecified atom stereocenters. The highest BCUT2D eigenvalue weighted by Crippen LogP contribution is 2.21. The topological polar surface area (TPSA) is 78.6 Å². The minimum Gasteiger partial charge on any atom is -0.465 e. The van der Waals surface area contributed by atoms with Gasteiger partial charge in [-0.05, 0) is 24.1 Å². The molecule has 0 bridgehead atoms. The van der Waals surface area contributed by atoms with Gasteiger partial charge in [-0.25, -0.2) is 9.59 Å². The maximum atomic E-state index is 11.6. The van der Waals surface area contributed by atoms with Crippen LogP contribution in [0.15, 0.2) is 24.8 Å². The van der Waals surface area contributed by atoms with Gasteiger partial charge in [0.25, 0.3) is 0 Å². The second kappa shape index (κ2) is 5.86. The number of rotatable bonds is 4. The maximum absolute atomic E-state index is 11.6. The summed E-state index contributed by atoms with van der Waals surface area (Å²) in [5, 5.41) is 0. The SMILES string of the molecule is C=CCc1cc(C(=O)OC)c(N)cc1C(=O)OC. The zero-order chi connectivity index (χ0) is 13.7. The molecule has 0 saturated carbocycles. The molecule has 0 heterocycles. The molecule has 0 aliphatic carbocycles. The minimum atomic E-state index is -0.547. The van der Waals surface area contributed by atoms with Crippen LogP contribution in [0.5, 0.6) is 0 Å². The first kappa shape index (κ1) is 13.8. The lowest BCUT2D eigenvalue weighted by Gasteiger charge is -2.11. The van der Waals surface area contributed by atoms with Crippen molar-refractivity contribution in [1.29, 1.82) is 0 Å². The molecule has 0 aromatic heterocycles. The molecule has 0 aliphatic rings. The molecule has 1 aromatic carbocycles. The Morgan fingerprint density at radius 3 is 2.28 bits per heavy atom. The van der Waals surface area contributed by atoms with Crippen molar-refractivity contribution in [2.75, 3.05) is 20.0 Å². The van der Waals surface area contributed by atoms with Gasteiger partial charge in [-0.1, -0.05) is 6.08 Å². The van der Waals surface area contributed by atoms with Gasteiger partial charge in [0.15, 0.2) is 0 Å². The largest absolute Gasteiger partial charge is 0.465 e. The third kappa shape index (κ3) is 2.68. The van der Waals surface area contributed by atoms with E-state index in [1.165, 1.54) is 26.4 Å². The summed E-state index contributed by atoms with van der Waals surface area (Å²) < 4.78 is 9.28. The first-order valence-electron chi connectivity index (χ1n) is 5.25. The third-order valence-corrected chi connectivity index (χ3v) is 2.45. The van der Waals surface area contributed by atoms with Crippen molar-refractivity contribution in [3.63, 3.8) is 0 Å². The Morgan fingerprint density at radius 2 is 1.78 bits per heavy atom. The molecule has 0 radical (unpaired) electrons. The van der Waals surface area contributed by atoms with E-state index in [0.717, 1.165) is 0 Å². The van der Waals surface area contributed by atoms with Crippen LogP contribution in [-0.4, -0.2) is 26.2 Å². The van der Waals surface area contributed by atoms with Gasteiger partial charge in [-0.2, -0.15) is 0 Å². The lowest BCUT2D eigenvalue weighted by atomic mass is 9.99. The van der Waals surface area contributed by atoms with Crippen molar-refractivity contribution in [3.8, 4) is 0 Å². The predicted molar refractivity (Wildman–Crippen MR) is 67.4 cm³/mol. The van der Waals surface area contributed by atoms with E-state index < -0.39 is 11.9 Å². The molecule has 5 nitrogen and oxygen atoms in total. The first-order chi connectivity index (χ1) is 8.54. The summed E-state index contributed by atoms with van der Waals surface area (Å²) in [5.74, 6) is -1.05. The number of hydrogen-bond acceptors (Lipinski definition) is 5. The molecule has 0 amide bonds. The van der Waals surface area contributed by atoms with Crippen LogP contribution >= 0.6 is 0 Å². The summed E-state index contributed by atoms with van der Waals surface area (Å²) in [5.41, 5.74) is 7.06. The van der Waals surface area contributed by atoms with Crippen LogP contribution < -0.4 is 5.73 Å². The molecule has 0 aliphatic heterocycles. The Bertz CT molecular complexity index is 494. The molecular formula is C13H15NO4. The van der Waals surface area contributed by atoms with Crippen LogP contribution in [0.4, 0.5) is 5.69 Å². The van der Waals surface area contributed by atoms with E-state index in [9.17, 15) is 9.59 Å². The van der Waals surface area contributed by atoms with Crippen molar-refractivity contribution in [1.82, 2.24) is 0 Å². The molecule has 18 heavy (non-hydrogen) atoms. The molecular weight excluding hydrogens is 234 g/mol. The number of ether oxygens (including phenoxy) is 2. The summed E-state index contributed by atoms with van der Waals surface area (Å²) in [7, 11) is 2.55. The standard InChI is InChI=1S/C13H15NO4/c1-4-5-8-6-10(13(16)18-3)11(14)7-9(8)12(15)17-2/h4,6-7H,1,5,14H2,2-3H3. The fraction of sp³-hybridized carbons (Fsp3) is 0.231. The van der Waals surface area contributed by atoms with Gasteiger partial charge in [-0.15, -0.1) is 6.58 Å². The molecule has 0 spiro atoms. The molecule has 1 rings (SSSR count). The molecule has 2 N–H and O–H groups in total. The highest BCUT2D eigenvalue weighted by molar-refractivity contribution is 5.99. The van der Waals surface area contributed by atoms with Gasteiger partial charge in [0.2, 0.25) is 0 Å². The van der Waals surface area contributed by atoms with E-state index in [4.69, 9.17) is 5.73 Å². The first-order valence-corrected chi connectivity index (χ1v) is 5.25. The Hall–Kier alpha value is -2.30. The molecule has 0 fully saturated rings. The van der Waals surface area contributed by atoms with Gasteiger partial charge in [0, 0.05) is 5.69 Å². The predicted octanol–water partition coefficient (Wildman–Crippen LogP) is 1.57. The van der Waals surface area contributed by atoms with Crippen LogP contribution in [-0.2, 0) is 15.9 Å². The molecule has 0 saturated heterocycles. The van der Waals surface area contributed by atoms with Crippen LogP contribution in [0.25, 0.3) is 0 Å². The lowest BCUT2D eigenvalue weighted by Crippen LogP contribution is -2.11. The summed E-state index contributed by atoms with van der Waals surface area (Å²) in [6.45, 7) is 3.60. The Kier molecular flexibility index (Phi) is 4.48. The fourth-order valence-electron chi connectivity index (χ4n) is 1.57. The zero-order valence-electron chi connectivity index (χ0n) is 10.4. The average Bonchev–Trinajstić information content (AvgIpc) is 2.38. The Balaban J connectivity index is 3.37. The number of anilines is 1. The van der Waals surface area contributed by atoms with Gasteiger partial charge in [0.1, 0.15) is 0 Å². The van der Waals surface area contributed by atoms with Gasteiger partial charge < -0.3 is 15.2 Å². The number of allylic oxidation sites excluding steroid dienone is 1. The summed E-state index contributed by atoms with van der Waals surface area (Å²) in [6.07, 6.45) is 2.05. The summed E-state index contributed by atoms with van der Waals surface area (Å²) >= 11 is 0. The van der Waals surface area contributed by atoms with Gasteiger partial charge >= 0.3 is 11.9 Å². The van der Waals surface area contributed by atoms with E-state index in [2.05, 4.69) is 16.1 Å². The summed E-state index contributed by atoms with van der Waals surface area (Å²) in [4.78, 5) is 23.1. The number of carbonyl (C=O) groups is 2. The van der Waals surface area contributed by atoms with Crippen LogP contribution in [0.3, 0.4) is 0 Å². The molecule has 0 atom stereocenters. The van der Waals surface area contributed by atoms with E-state index in [1.54, 1.807) is 6.08 Å². The normalized spacial score (nSPS) is 9.67. The number of carbonyl (C=O) groups excluding carboxylic acids is 2. The van der Waals surface area contributed by atoms with E-state index in [0.29, 0.717) is 17.5 Å². The third-order valence-electron chi connectivity index (χ3n) is 2.45. The van der Waals surface area contributed by atoms with Crippen molar-refractivity contribution < 1.29 is 19.1 Å². The Morgan fingerprint density at radius 1 is 1.22 bits per heavy atom. The number of nitrogen functional groups attached to an aromatic ring is 1. The fourth-order valence-corrected chi connectivity index (χ4v) is 1.57. The van der Waals surface area contributed by atoms with Crippen LogP contribution in [0.2, 0.25) is 0 Å². The van der Waals surface area contributed by atoms with Gasteiger partial charge in [0.05, 0.1) is 25.3 Å². The number of nitrogens with two attached hydrogens (primary N) is 1. The number of hydrogen-bond donors (Lipinski definition) is 1. The molecule has 1 aromatic rings. The monoisotopic (exact) mass is 249 g/mol. The van der Waals surface area contributed by atoms with E-state index in [-0.39, 0.29) is 11.3 Å². The number of methoxy groups -OCH3 is 2. The Labute approximate surface area is 105 Å².